The van der Waals surface area contributed by atoms with Gasteiger partial charge in [-0.3, -0.25) is 4.79 Å². The van der Waals surface area contributed by atoms with Gasteiger partial charge < -0.3 is 25.1 Å². The number of carboxylic acids is 1. The van der Waals surface area contributed by atoms with Crippen LogP contribution < -0.4 is 10.5 Å². The van der Waals surface area contributed by atoms with E-state index in [2.05, 4.69) is 0 Å². The van der Waals surface area contributed by atoms with Crippen molar-refractivity contribution in [2.45, 2.75) is 32.6 Å². The molecule has 32 heavy (non-hydrogen) atoms. The zero-order chi connectivity index (χ0) is 22.7. The number of benzene rings is 3. The van der Waals surface area contributed by atoms with Gasteiger partial charge in [0.15, 0.2) is 0 Å². The van der Waals surface area contributed by atoms with Crippen LogP contribution in [-0.2, 0) is 24.4 Å². The minimum Gasteiger partial charge on any atom is -0.485 e. The van der Waals surface area contributed by atoms with E-state index >= 15 is 0 Å². The lowest BCUT2D eigenvalue weighted by atomic mass is 9.97. The number of para-hydroxylation sites is 1. The van der Waals surface area contributed by atoms with Crippen LogP contribution in [0.15, 0.2) is 71.1 Å². The van der Waals surface area contributed by atoms with Crippen LogP contribution in [0.1, 0.15) is 35.5 Å². The second kappa shape index (κ2) is 9.26. The molecule has 4 aromatic rings. The lowest BCUT2D eigenvalue weighted by molar-refractivity contribution is -0.136. The normalized spacial score (nSPS) is 12.1. The van der Waals surface area contributed by atoms with Gasteiger partial charge in [-0.05, 0) is 53.9 Å². The lowest BCUT2D eigenvalue weighted by Gasteiger charge is -2.10. The van der Waals surface area contributed by atoms with E-state index in [0.29, 0.717) is 29.2 Å². The maximum absolute atomic E-state index is 11.1. The fourth-order valence-electron chi connectivity index (χ4n) is 3.72. The maximum Gasteiger partial charge on any atom is 0.307 e. The number of ether oxygens (including phenoxy) is 1. The number of aliphatic hydroxyl groups excluding tert-OH is 1. The number of hydrogen-bond acceptors (Lipinski definition) is 5. The molecule has 0 aliphatic heterocycles. The Morgan fingerprint density at radius 1 is 1.09 bits per heavy atom. The van der Waals surface area contributed by atoms with Crippen LogP contribution in [0.5, 0.6) is 5.75 Å². The highest BCUT2D eigenvalue weighted by molar-refractivity contribution is 5.93. The Morgan fingerprint density at radius 3 is 2.66 bits per heavy atom. The van der Waals surface area contributed by atoms with Crippen LogP contribution in [0, 0.1) is 0 Å². The summed E-state index contributed by atoms with van der Waals surface area (Å²) < 4.78 is 12.0. The molecule has 0 aliphatic carbocycles. The van der Waals surface area contributed by atoms with E-state index in [4.69, 9.17) is 20.0 Å². The molecule has 4 rings (SSSR count). The molecule has 1 heterocycles. The van der Waals surface area contributed by atoms with E-state index in [1.165, 1.54) is 0 Å². The van der Waals surface area contributed by atoms with Crippen LogP contribution in [0.3, 0.4) is 0 Å². The highest BCUT2D eigenvalue weighted by Gasteiger charge is 2.16. The van der Waals surface area contributed by atoms with E-state index in [0.717, 1.165) is 27.6 Å². The average molecular weight is 431 g/mol. The van der Waals surface area contributed by atoms with E-state index in [9.17, 15) is 9.90 Å². The van der Waals surface area contributed by atoms with Crippen molar-refractivity contribution in [1.29, 1.82) is 0 Å². The molecule has 1 unspecified atom stereocenters. The Balaban J connectivity index is 1.70. The summed E-state index contributed by atoms with van der Waals surface area (Å²) in [5, 5.41) is 20.2. The number of aliphatic carboxylic acids is 1. The van der Waals surface area contributed by atoms with E-state index in [-0.39, 0.29) is 13.0 Å². The van der Waals surface area contributed by atoms with Crippen molar-refractivity contribution in [2.24, 2.45) is 5.73 Å². The molecule has 0 radical (unpaired) electrons. The van der Waals surface area contributed by atoms with Crippen molar-refractivity contribution in [1.82, 2.24) is 0 Å². The third kappa shape index (κ3) is 4.66. The molecule has 6 nitrogen and oxygen atoms in total. The third-order valence-electron chi connectivity index (χ3n) is 5.33. The number of rotatable bonds is 8. The van der Waals surface area contributed by atoms with Crippen molar-refractivity contribution < 1.29 is 24.2 Å². The van der Waals surface area contributed by atoms with Crippen LogP contribution in [0.4, 0.5) is 0 Å². The molecule has 0 aliphatic rings. The summed E-state index contributed by atoms with van der Waals surface area (Å²) in [4.78, 5) is 11.1. The fourth-order valence-corrected chi connectivity index (χ4v) is 3.72. The van der Waals surface area contributed by atoms with Crippen LogP contribution in [-0.4, -0.2) is 16.2 Å². The van der Waals surface area contributed by atoms with Gasteiger partial charge in [-0.15, -0.1) is 0 Å². The van der Waals surface area contributed by atoms with Gasteiger partial charge in [0.25, 0.3) is 0 Å². The first-order valence-electron chi connectivity index (χ1n) is 10.4. The molecule has 0 saturated heterocycles. The van der Waals surface area contributed by atoms with E-state index in [1.54, 1.807) is 31.2 Å². The topological polar surface area (TPSA) is 106 Å². The SMILES string of the molecule is CC(O)c1cc(-c2cccc(CN)c2)c2oc(COc3ccccc3CC(=O)O)cc2c1. The largest absolute Gasteiger partial charge is 0.485 e. The molecular formula is C26H25NO5. The third-order valence-corrected chi connectivity index (χ3v) is 5.33. The second-order valence-electron chi connectivity index (χ2n) is 7.75. The van der Waals surface area contributed by atoms with Crippen LogP contribution in [0.2, 0.25) is 0 Å². The number of nitrogens with two attached hydrogens (primary N) is 1. The number of hydrogen-bond donors (Lipinski definition) is 3. The van der Waals surface area contributed by atoms with Gasteiger partial charge in [0.1, 0.15) is 23.7 Å². The summed E-state index contributed by atoms with van der Waals surface area (Å²) in [5.41, 5.74) is 10.7. The fraction of sp³-hybridized carbons (Fsp3) is 0.192. The Bertz CT molecular complexity index is 1260. The lowest BCUT2D eigenvalue weighted by Crippen LogP contribution is -2.03. The average Bonchev–Trinajstić information content (AvgIpc) is 3.20. The number of furan rings is 1. The van der Waals surface area contributed by atoms with E-state index in [1.807, 2.05) is 42.5 Å². The summed E-state index contributed by atoms with van der Waals surface area (Å²) in [6, 6.07) is 20.7. The van der Waals surface area contributed by atoms with Crippen LogP contribution >= 0.6 is 0 Å². The molecule has 0 amide bonds. The van der Waals surface area contributed by atoms with E-state index < -0.39 is 12.1 Å². The molecule has 164 valence electrons. The Hall–Kier alpha value is -3.61. The zero-order valence-electron chi connectivity index (χ0n) is 17.7. The summed E-state index contributed by atoms with van der Waals surface area (Å²) >= 11 is 0. The summed E-state index contributed by atoms with van der Waals surface area (Å²) in [7, 11) is 0. The van der Waals surface area contributed by atoms with Crippen molar-refractivity contribution in [3.05, 3.63) is 89.2 Å². The predicted molar refractivity (Wildman–Crippen MR) is 122 cm³/mol. The molecule has 4 N–H and O–H groups in total. The van der Waals surface area contributed by atoms with Gasteiger partial charge in [0.2, 0.25) is 0 Å². The zero-order valence-corrected chi connectivity index (χ0v) is 17.7. The van der Waals surface area contributed by atoms with Crippen molar-refractivity contribution in [3.8, 4) is 16.9 Å². The highest BCUT2D eigenvalue weighted by atomic mass is 16.5. The molecular weight excluding hydrogens is 406 g/mol. The predicted octanol–water partition coefficient (Wildman–Crippen LogP) is 4.82. The van der Waals surface area contributed by atoms with Crippen LogP contribution in [0.25, 0.3) is 22.1 Å². The maximum atomic E-state index is 11.1. The smallest absolute Gasteiger partial charge is 0.307 e. The molecule has 0 spiro atoms. The Kier molecular flexibility index (Phi) is 6.25. The van der Waals surface area contributed by atoms with Gasteiger partial charge in [-0.1, -0.05) is 36.4 Å². The Morgan fingerprint density at radius 2 is 1.91 bits per heavy atom. The summed E-state index contributed by atoms with van der Waals surface area (Å²) in [5.74, 6) is 0.194. The first-order chi connectivity index (χ1) is 15.4. The highest BCUT2D eigenvalue weighted by Crippen LogP contribution is 2.35. The quantitative estimate of drug-likeness (QED) is 0.369. The molecule has 3 aromatic carbocycles. The molecule has 0 saturated carbocycles. The van der Waals surface area contributed by atoms with Crippen molar-refractivity contribution in [2.75, 3.05) is 0 Å². The van der Waals surface area contributed by atoms with Gasteiger partial charge in [0, 0.05) is 23.1 Å². The second-order valence-corrected chi connectivity index (χ2v) is 7.75. The molecule has 6 heteroatoms. The molecule has 1 aromatic heterocycles. The monoisotopic (exact) mass is 431 g/mol. The molecule has 0 fully saturated rings. The minimum atomic E-state index is -0.917. The summed E-state index contributed by atoms with van der Waals surface area (Å²) in [6.45, 7) is 2.31. The minimum absolute atomic E-state index is 0.115. The number of aliphatic hydroxyl groups is 1. The van der Waals surface area contributed by atoms with Gasteiger partial charge in [0.05, 0.1) is 12.5 Å². The number of carbonyl (C=O) groups is 1. The number of carboxylic acid groups (broad SMARTS) is 1. The van der Waals surface area contributed by atoms with Gasteiger partial charge in [-0.2, -0.15) is 0 Å². The van der Waals surface area contributed by atoms with Gasteiger partial charge >= 0.3 is 5.97 Å². The van der Waals surface area contributed by atoms with Gasteiger partial charge in [-0.25, -0.2) is 0 Å². The molecule has 1 atom stereocenters. The standard InChI is InChI=1S/C26H25NO5/c1-16(28)20-10-21-11-22(15-31-24-8-3-2-6-19(24)13-25(29)30)32-26(21)23(12-20)18-7-4-5-17(9-18)14-27/h2-12,16,28H,13-15,27H2,1H3,(H,29,30). The summed E-state index contributed by atoms with van der Waals surface area (Å²) in [6.07, 6.45) is -0.747. The first-order valence-corrected chi connectivity index (χ1v) is 10.4. The number of fused-ring (bicyclic) bond motifs is 1. The first kappa shape index (κ1) is 21.6. The Labute approximate surface area is 185 Å². The van der Waals surface area contributed by atoms with Crippen molar-refractivity contribution in [3.63, 3.8) is 0 Å². The molecule has 0 bridgehead atoms. The van der Waals surface area contributed by atoms with Crippen molar-refractivity contribution >= 4 is 16.9 Å².